The zero-order valence-corrected chi connectivity index (χ0v) is 11.2. The molecule has 0 bridgehead atoms. The molecule has 0 saturated carbocycles. The topological polar surface area (TPSA) is 49.2 Å². The molecular weight excluding hydrogens is 226 g/mol. The van der Waals surface area contributed by atoms with Crippen LogP contribution < -0.4 is 4.90 Å². The normalized spacial score (nSPS) is 20.8. The summed E-state index contributed by atoms with van der Waals surface area (Å²) >= 11 is 0. The van der Waals surface area contributed by atoms with Gasteiger partial charge in [-0.2, -0.15) is 0 Å². The second-order valence-corrected chi connectivity index (χ2v) is 5.10. The first-order valence-corrected chi connectivity index (χ1v) is 7.00. The molecule has 0 radical (unpaired) electrons. The fourth-order valence-electron chi connectivity index (χ4n) is 2.71. The highest BCUT2D eigenvalue weighted by Crippen LogP contribution is 2.24. The van der Waals surface area contributed by atoms with E-state index in [-0.39, 0.29) is 6.61 Å². The Morgan fingerprint density at radius 3 is 3.00 bits per heavy atom. The van der Waals surface area contributed by atoms with Crippen LogP contribution in [0.5, 0.6) is 0 Å². The van der Waals surface area contributed by atoms with E-state index in [1.54, 1.807) is 12.4 Å². The van der Waals surface area contributed by atoms with Gasteiger partial charge in [0.25, 0.3) is 0 Å². The van der Waals surface area contributed by atoms with E-state index >= 15 is 0 Å². The molecule has 1 fully saturated rings. The third-order valence-electron chi connectivity index (χ3n) is 3.70. The van der Waals surface area contributed by atoms with Crippen molar-refractivity contribution in [3.63, 3.8) is 0 Å². The Labute approximate surface area is 109 Å². The summed E-state index contributed by atoms with van der Waals surface area (Å²) in [5.41, 5.74) is 0.654. The fraction of sp³-hybridized carbons (Fsp3) is 0.714. The first-order chi connectivity index (χ1) is 8.83. The molecule has 0 amide bonds. The van der Waals surface area contributed by atoms with Crippen LogP contribution in [0.4, 0.5) is 5.82 Å². The average molecular weight is 249 g/mol. The maximum atomic E-state index is 9.11. The van der Waals surface area contributed by atoms with E-state index in [2.05, 4.69) is 21.8 Å². The van der Waals surface area contributed by atoms with Gasteiger partial charge in [-0.25, -0.2) is 4.98 Å². The van der Waals surface area contributed by atoms with Gasteiger partial charge in [0.15, 0.2) is 0 Å². The Hall–Kier alpha value is -1.16. The minimum Gasteiger partial charge on any atom is -0.390 e. The van der Waals surface area contributed by atoms with Crippen molar-refractivity contribution in [2.24, 2.45) is 5.92 Å². The number of aromatic nitrogens is 2. The number of anilines is 1. The Kier molecular flexibility index (Phi) is 4.93. The van der Waals surface area contributed by atoms with Gasteiger partial charge in [-0.1, -0.05) is 19.8 Å². The lowest BCUT2D eigenvalue weighted by Gasteiger charge is -2.21. The monoisotopic (exact) mass is 249 g/mol. The van der Waals surface area contributed by atoms with E-state index < -0.39 is 0 Å². The maximum Gasteiger partial charge on any atom is 0.147 e. The lowest BCUT2D eigenvalue weighted by Crippen LogP contribution is -2.25. The van der Waals surface area contributed by atoms with Crippen LogP contribution in [0.1, 0.15) is 44.7 Å². The molecular formula is C14H23N3O. The van der Waals surface area contributed by atoms with Crippen LogP contribution in [-0.4, -0.2) is 28.2 Å². The number of aliphatic hydroxyl groups is 1. The summed E-state index contributed by atoms with van der Waals surface area (Å²) < 4.78 is 0. The van der Waals surface area contributed by atoms with Crippen molar-refractivity contribution in [2.75, 3.05) is 18.0 Å². The van der Waals surface area contributed by atoms with E-state index in [1.165, 1.54) is 32.1 Å². The molecule has 1 unspecified atom stereocenters. The molecule has 4 heteroatoms. The average Bonchev–Trinajstić information content (AvgIpc) is 2.65. The van der Waals surface area contributed by atoms with Gasteiger partial charge in [0, 0.05) is 13.1 Å². The zero-order valence-electron chi connectivity index (χ0n) is 11.2. The minimum absolute atomic E-state index is 0.0346. The third-order valence-corrected chi connectivity index (χ3v) is 3.70. The quantitative estimate of drug-likeness (QED) is 0.890. The van der Waals surface area contributed by atoms with E-state index in [9.17, 15) is 0 Å². The van der Waals surface area contributed by atoms with Crippen LogP contribution in [0.3, 0.4) is 0 Å². The summed E-state index contributed by atoms with van der Waals surface area (Å²) in [6, 6.07) is 0. The van der Waals surface area contributed by atoms with Gasteiger partial charge in [0.05, 0.1) is 24.7 Å². The second-order valence-electron chi connectivity index (χ2n) is 5.10. The molecule has 1 aliphatic rings. The summed E-state index contributed by atoms with van der Waals surface area (Å²) in [4.78, 5) is 10.9. The molecule has 2 rings (SSSR count). The van der Waals surface area contributed by atoms with Crippen molar-refractivity contribution in [3.05, 3.63) is 18.1 Å². The predicted molar refractivity (Wildman–Crippen MR) is 72.4 cm³/mol. The van der Waals surface area contributed by atoms with Crippen molar-refractivity contribution in [1.82, 2.24) is 9.97 Å². The van der Waals surface area contributed by atoms with Gasteiger partial charge >= 0.3 is 0 Å². The number of hydrogen-bond acceptors (Lipinski definition) is 4. The summed E-state index contributed by atoms with van der Waals surface area (Å²) in [5, 5.41) is 9.11. The Balaban J connectivity index is 2.00. The molecule has 1 atom stereocenters. The third kappa shape index (κ3) is 3.42. The highest BCUT2D eigenvalue weighted by Gasteiger charge is 2.17. The SMILES string of the molecule is CCCC1CCCN(c2cncc(CO)n2)CC1. The minimum atomic E-state index is -0.0346. The Bertz CT molecular complexity index is 370. The number of aliphatic hydroxyl groups excluding tert-OH is 1. The van der Waals surface area contributed by atoms with Gasteiger partial charge < -0.3 is 10.0 Å². The van der Waals surface area contributed by atoms with E-state index in [1.807, 2.05) is 0 Å². The summed E-state index contributed by atoms with van der Waals surface area (Å²) in [6.07, 6.45) is 9.87. The van der Waals surface area contributed by atoms with Crippen LogP contribution in [0, 0.1) is 5.92 Å². The molecule has 2 heterocycles. The predicted octanol–water partition coefficient (Wildman–Crippen LogP) is 2.38. The molecule has 100 valence electrons. The van der Waals surface area contributed by atoms with Gasteiger partial charge in [-0.15, -0.1) is 0 Å². The van der Waals surface area contributed by atoms with Gasteiger partial charge in [-0.05, 0) is 25.2 Å². The van der Waals surface area contributed by atoms with Crippen LogP contribution in [0.15, 0.2) is 12.4 Å². The molecule has 0 spiro atoms. The molecule has 1 aliphatic heterocycles. The zero-order chi connectivity index (χ0) is 12.8. The maximum absolute atomic E-state index is 9.11. The Morgan fingerprint density at radius 1 is 1.33 bits per heavy atom. The smallest absolute Gasteiger partial charge is 0.147 e. The second kappa shape index (κ2) is 6.69. The van der Waals surface area contributed by atoms with Gasteiger partial charge in [0.1, 0.15) is 5.82 Å². The fourth-order valence-corrected chi connectivity index (χ4v) is 2.71. The van der Waals surface area contributed by atoms with Crippen molar-refractivity contribution in [2.45, 2.75) is 45.6 Å². The van der Waals surface area contributed by atoms with E-state index in [0.29, 0.717) is 5.69 Å². The molecule has 1 aromatic heterocycles. The number of hydrogen-bond donors (Lipinski definition) is 1. The van der Waals surface area contributed by atoms with Crippen LogP contribution >= 0.6 is 0 Å². The summed E-state index contributed by atoms with van der Waals surface area (Å²) in [7, 11) is 0. The Morgan fingerprint density at radius 2 is 2.22 bits per heavy atom. The van der Waals surface area contributed by atoms with E-state index in [4.69, 9.17) is 5.11 Å². The molecule has 0 aliphatic carbocycles. The first-order valence-electron chi connectivity index (χ1n) is 7.00. The van der Waals surface area contributed by atoms with E-state index in [0.717, 1.165) is 24.8 Å². The van der Waals surface area contributed by atoms with Gasteiger partial charge in [0.2, 0.25) is 0 Å². The van der Waals surface area contributed by atoms with Crippen LogP contribution in [-0.2, 0) is 6.61 Å². The lowest BCUT2D eigenvalue weighted by molar-refractivity contribution is 0.276. The number of rotatable bonds is 4. The molecule has 1 aromatic rings. The molecule has 0 aromatic carbocycles. The van der Waals surface area contributed by atoms with Crippen LogP contribution in [0.25, 0.3) is 0 Å². The highest BCUT2D eigenvalue weighted by atomic mass is 16.3. The van der Waals surface area contributed by atoms with Crippen molar-refractivity contribution in [3.8, 4) is 0 Å². The summed E-state index contributed by atoms with van der Waals surface area (Å²) in [5.74, 6) is 1.78. The van der Waals surface area contributed by atoms with Crippen molar-refractivity contribution >= 4 is 5.82 Å². The van der Waals surface area contributed by atoms with Gasteiger partial charge in [-0.3, -0.25) is 4.98 Å². The molecule has 18 heavy (non-hydrogen) atoms. The number of nitrogens with zero attached hydrogens (tertiary/aromatic N) is 3. The standard InChI is InChI=1S/C14H23N3O/c1-2-4-12-5-3-7-17(8-6-12)14-10-15-9-13(11-18)16-14/h9-10,12,18H,2-8,11H2,1H3. The largest absolute Gasteiger partial charge is 0.390 e. The summed E-state index contributed by atoms with van der Waals surface area (Å²) in [6.45, 7) is 4.35. The van der Waals surface area contributed by atoms with Crippen molar-refractivity contribution in [1.29, 1.82) is 0 Å². The molecule has 1 N–H and O–H groups in total. The lowest BCUT2D eigenvalue weighted by atomic mass is 9.96. The van der Waals surface area contributed by atoms with Crippen molar-refractivity contribution < 1.29 is 5.11 Å². The first kappa shape index (κ1) is 13.3. The molecule has 1 saturated heterocycles. The molecule has 4 nitrogen and oxygen atoms in total. The van der Waals surface area contributed by atoms with Crippen LogP contribution in [0.2, 0.25) is 0 Å². The highest BCUT2D eigenvalue weighted by molar-refractivity contribution is 5.36.